The Balaban J connectivity index is 1.83. The highest BCUT2D eigenvalue weighted by molar-refractivity contribution is 4.81. The van der Waals surface area contributed by atoms with Crippen LogP contribution >= 0.6 is 0 Å². The Bertz CT molecular complexity index is 182. The molecule has 0 atom stereocenters. The summed E-state index contributed by atoms with van der Waals surface area (Å²) in [6.45, 7) is 10.2. The molecule has 4 nitrogen and oxygen atoms in total. The maximum atomic E-state index is 5.71. The number of nitrogens with one attached hydrogen (secondary N) is 1. The van der Waals surface area contributed by atoms with Crippen molar-refractivity contribution < 1.29 is 14.2 Å². The Morgan fingerprint density at radius 2 is 1.71 bits per heavy atom. The van der Waals surface area contributed by atoms with E-state index in [1.165, 1.54) is 0 Å². The average Bonchev–Trinajstić information content (AvgIpc) is 2.23. The van der Waals surface area contributed by atoms with Crippen LogP contribution in [-0.2, 0) is 14.2 Å². The second-order valence-electron chi connectivity index (χ2n) is 4.76. The fourth-order valence-corrected chi connectivity index (χ4v) is 1.78. The van der Waals surface area contributed by atoms with Gasteiger partial charge < -0.3 is 19.5 Å². The van der Waals surface area contributed by atoms with Gasteiger partial charge in [-0.05, 0) is 19.8 Å². The summed E-state index contributed by atoms with van der Waals surface area (Å²) >= 11 is 0. The Morgan fingerprint density at radius 3 is 2.29 bits per heavy atom. The minimum absolute atomic E-state index is 0.388. The first-order valence-corrected chi connectivity index (χ1v) is 6.76. The van der Waals surface area contributed by atoms with Gasteiger partial charge in [0, 0.05) is 19.2 Å². The summed E-state index contributed by atoms with van der Waals surface area (Å²) in [6, 6.07) is 0.537. The summed E-state index contributed by atoms with van der Waals surface area (Å²) in [6.07, 6.45) is 2.86. The van der Waals surface area contributed by atoms with Crippen LogP contribution in [0.5, 0.6) is 0 Å². The molecule has 1 rings (SSSR count). The standard InChI is InChI=1S/C13H27NO3/c1-4-15-7-8-17-13-9-12(10-13)16-6-5-14-11(2)3/h11-14H,4-10H2,1-3H3. The SMILES string of the molecule is CCOCCOC1CC(OCCNC(C)C)C1. The molecule has 1 fully saturated rings. The van der Waals surface area contributed by atoms with E-state index in [2.05, 4.69) is 19.2 Å². The van der Waals surface area contributed by atoms with Crippen molar-refractivity contribution in [3.8, 4) is 0 Å². The topological polar surface area (TPSA) is 39.7 Å². The maximum absolute atomic E-state index is 5.71. The van der Waals surface area contributed by atoms with Gasteiger partial charge in [-0.25, -0.2) is 0 Å². The van der Waals surface area contributed by atoms with Crippen LogP contribution in [0.25, 0.3) is 0 Å². The smallest absolute Gasteiger partial charge is 0.0704 e. The largest absolute Gasteiger partial charge is 0.379 e. The molecular weight excluding hydrogens is 218 g/mol. The van der Waals surface area contributed by atoms with E-state index in [-0.39, 0.29) is 0 Å². The van der Waals surface area contributed by atoms with Crippen molar-refractivity contribution in [2.24, 2.45) is 0 Å². The normalized spacial score (nSPS) is 24.0. The van der Waals surface area contributed by atoms with Crippen molar-refractivity contribution in [1.29, 1.82) is 0 Å². The lowest BCUT2D eigenvalue weighted by Gasteiger charge is -2.35. The van der Waals surface area contributed by atoms with Gasteiger partial charge in [-0.2, -0.15) is 0 Å². The van der Waals surface area contributed by atoms with Gasteiger partial charge in [0.25, 0.3) is 0 Å². The first kappa shape index (κ1) is 14.9. The van der Waals surface area contributed by atoms with Gasteiger partial charge in [-0.1, -0.05) is 13.8 Å². The highest BCUT2D eigenvalue weighted by Crippen LogP contribution is 2.25. The van der Waals surface area contributed by atoms with E-state index in [1.807, 2.05) is 6.92 Å². The van der Waals surface area contributed by atoms with Crippen LogP contribution in [0.1, 0.15) is 33.6 Å². The lowest BCUT2D eigenvalue weighted by atomic mass is 9.92. The van der Waals surface area contributed by atoms with Crippen LogP contribution in [0.2, 0.25) is 0 Å². The minimum Gasteiger partial charge on any atom is -0.379 e. The van der Waals surface area contributed by atoms with Gasteiger partial charge >= 0.3 is 0 Å². The van der Waals surface area contributed by atoms with Crippen LogP contribution in [-0.4, -0.2) is 51.2 Å². The van der Waals surface area contributed by atoms with Gasteiger partial charge in [0.2, 0.25) is 0 Å². The van der Waals surface area contributed by atoms with E-state index in [1.54, 1.807) is 0 Å². The predicted octanol–water partition coefficient (Wildman–Crippen LogP) is 1.59. The van der Waals surface area contributed by atoms with Gasteiger partial charge in [-0.15, -0.1) is 0 Å². The minimum atomic E-state index is 0.388. The molecular formula is C13H27NO3. The first-order chi connectivity index (χ1) is 8.22. The fourth-order valence-electron chi connectivity index (χ4n) is 1.78. The van der Waals surface area contributed by atoms with E-state index in [9.17, 15) is 0 Å². The molecule has 0 saturated heterocycles. The van der Waals surface area contributed by atoms with Crippen molar-refractivity contribution in [2.75, 3.05) is 33.0 Å². The number of rotatable bonds is 10. The quantitative estimate of drug-likeness (QED) is 0.593. The maximum Gasteiger partial charge on any atom is 0.0704 e. The summed E-state index contributed by atoms with van der Waals surface area (Å²) in [4.78, 5) is 0. The molecule has 4 heteroatoms. The van der Waals surface area contributed by atoms with Crippen molar-refractivity contribution in [3.63, 3.8) is 0 Å². The summed E-state index contributed by atoms with van der Waals surface area (Å²) in [5.74, 6) is 0. The third-order valence-corrected chi connectivity index (χ3v) is 2.85. The van der Waals surface area contributed by atoms with Gasteiger partial charge in [0.1, 0.15) is 0 Å². The summed E-state index contributed by atoms with van der Waals surface area (Å²) in [5, 5.41) is 3.34. The van der Waals surface area contributed by atoms with Gasteiger partial charge in [0.15, 0.2) is 0 Å². The first-order valence-electron chi connectivity index (χ1n) is 6.76. The monoisotopic (exact) mass is 245 g/mol. The Labute approximate surface area is 105 Å². The van der Waals surface area contributed by atoms with Crippen molar-refractivity contribution in [3.05, 3.63) is 0 Å². The molecule has 0 bridgehead atoms. The van der Waals surface area contributed by atoms with E-state index >= 15 is 0 Å². The molecule has 0 unspecified atom stereocenters. The van der Waals surface area contributed by atoms with Crippen LogP contribution < -0.4 is 5.32 Å². The highest BCUT2D eigenvalue weighted by atomic mass is 16.5. The third-order valence-electron chi connectivity index (χ3n) is 2.85. The second-order valence-corrected chi connectivity index (χ2v) is 4.76. The lowest BCUT2D eigenvalue weighted by Crippen LogP contribution is -2.39. The molecule has 1 aliphatic rings. The molecule has 0 aromatic heterocycles. The lowest BCUT2D eigenvalue weighted by molar-refractivity contribution is -0.108. The number of ether oxygens (including phenoxy) is 3. The predicted molar refractivity (Wildman–Crippen MR) is 68.3 cm³/mol. The van der Waals surface area contributed by atoms with Crippen molar-refractivity contribution in [2.45, 2.75) is 51.9 Å². The molecule has 0 aliphatic heterocycles. The molecule has 0 amide bonds. The van der Waals surface area contributed by atoms with Gasteiger partial charge in [-0.3, -0.25) is 0 Å². The molecule has 1 N–H and O–H groups in total. The van der Waals surface area contributed by atoms with Crippen LogP contribution in [0.4, 0.5) is 0 Å². The molecule has 0 heterocycles. The van der Waals surface area contributed by atoms with Crippen LogP contribution in [0, 0.1) is 0 Å². The van der Waals surface area contributed by atoms with Crippen LogP contribution in [0.3, 0.4) is 0 Å². The summed E-state index contributed by atoms with van der Waals surface area (Å²) in [5.41, 5.74) is 0. The van der Waals surface area contributed by atoms with Gasteiger partial charge in [0.05, 0.1) is 32.0 Å². The molecule has 1 aliphatic carbocycles. The molecule has 0 aromatic carbocycles. The molecule has 0 aromatic rings. The highest BCUT2D eigenvalue weighted by Gasteiger charge is 2.30. The second kappa shape index (κ2) is 8.86. The number of hydrogen-bond donors (Lipinski definition) is 1. The zero-order valence-electron chi connectivity index (χ0n) is 11.4. The Kier molecular flexibility index (Phi) is 7.77. The molecule has 0 radical (unpaired) electrons. The third kappa shape index (κ3) is 6.99. The molecule has 0 spiro atoms. The van der Waals surface area contributed by atoms with E-state index in [0.29, 0.717) is 31.5 Å². The van der Waals surface area contributed by atoms with E-state index in [0.717, 1.165) is 32.6 Å². The number of hydrogen-bond acceptors (Lipinski definition) is 4. The Hall–Kier alpha value is -0.160. The van der Waals surface area contributed by atoms with Crippen LogP contribution in [0.15, 0.2) is 0 Å². The summed E-state index contributed by atoms with van der Waals surface area (Å²) < 4.78 is 16.6. The molecule has 1 saturated carbocycles. The molecule has 17 heavy (non-hydrogen) atoms. The molecule has 102 valence electrons. The summed E-state index contributed by atoms with van der Waals surface area (Å²) in [7, 11) is 0. The van der Waals surface area contributed by atoms with E-state index < -0.39 is 0 Å². The fraction of sp³-hybridized carbons (Fsp3) is 1.00. The zero-order chi connectivity index (χ0) is 12.5. The van der Waals surface area contributed by atoms with Crippen molar-refractivity contribution >= 4 is 0 Å². The Morgan fingerprint density at radius 1 is 1.06 bits per heavy atom. The van der Waals surface area contributed by atoms with Crippen molar-refractivity contribution in [1.82, 2.24) is 5.32 Å². The zero-order valence-corrected chi connectivity index (χ0v) is 11.4. The average molecular weight is 245 g/mol. The van der Waals surface area contributed by atoms with E-state index in [4.69, 9.17) is 14.2 Å².